The number of pyridine rings is 2. The van der Waals surface area contributed by atoms with Crippen molar-refractivity contribution in [1.82, 2.24) is 25.1 Å². The average molecular weight is 835 g/mol. The molecule has 3 aromatic heterocycles. The second-order valence-electron chi connectivity index (χ2n) is 13.7. The number of sulfonamides is 1. The molecule has 0 spiro atoms. The molecule has 2 aromatic carbocycles. The Hall–Kier alpha value is -5.56. The van der Waals surface area contributed by atoms with E-state index in [-0.39, 0.29) is 51.6 Å². The second kappa shape index (κ2) is 14.4. The molecule has 20 heteroatoms. The lowest BCUT2D eigenvalue weighted by Gasteiger charge is -2.23. The van der Waals surface area contributed by atoms with Crippen molar-refractivity contribution in [2.45, 2.75) is 31.0 Å². The van der Waals surface area contributed by atoms with Gasteiger partial charge < -0.3 is 11.1 Å². The SMILES string of the molecule is Cn1nc(NS(C)(=O)=O)c2c(Cl)ccc(-c3ccc(-c4ccccn4)nc3C(Cc3cc(F)cc(F)c3)NC(=O)CN=C3C(=C(N)C(F)(F)F)[C@H]4C[C@H]4C3(F)F)c21. The molecule has 2 aliphatic rings. The van der Waals surface area contributed by atoms with E-state index in [1.807, 2.05) is 0 Å². The fraction of sp³-hybridized carbons (Fsp3) is 0.270. The lowest BCUT2D eigenvalue weighted by atomic mass is 9.93. The van der Waals surface area contributed by atoms with Gasteiger partial charge in [-0.05, 0) is 60.7 Å². The van der Waals surface area contributed by atoms with E-state index in [1.54, 1.807) is 36.4 Å². The summed E-state index contributed by atoms with van der Waals surface area (Å²) < 4.78 is 129. The molecule has 2 fully saturated rings. The number of aromatic nitrogens is 4. The number of alkyl halides is 5. The minimum Gasteiger partial charge on any atom is -0.394 e. The van der Waals surface area contributed by atoms with Crippen LogP contribution in [0.5, 0.6) is 0 Å². The van der Waals surface area contributed by atoms with Gasteiger partial charge in [0.25, 0.3) is 5.92 Å². The van der Waals surface area contributed by atoms with Crippen LogP contribution in [-0.4, -0.2) is 64.7 Å². The Balaban J connectivity index is 1.38. The fourth-order valence-corrected chi connectivity index (χ4v) is 7.89. The topological polar surface area (TPSA) is 157 Å². The summed E-state index contributed by atoms with van der Waals surface area (Å²) >= 11 is 6.57. The van der Waals surface area contributed by atoms with Crippen LogP contribution in [-0.2, 0) is 28.3 Å². The molecule has 57 heavy (non-hydrogen) atoms. The fourth-order valence-electron chi connectivity index (χ4n) is 7.16. The Morgan fingerprint density at radius 3 is 2.42 bits per heavy atom. The Morgan fingerprint density at radius 2 is 1.77 bits per heavy atom. The van der Waals surface area contributed by atoms with E-state index >= 15 is 8.78 Å². The highest BCUT2D eigenvalue weighted by molar-refractivity contribution is 7.92. The van der Waals surface area contributed by atoms with Gasteiger partial charge in [0.1, 0.15) is 29.6 Å². The van der Waals surface area contributed by atoms with Crippen LogP contribution < -0.4 is 15.8 Å². The van der Waals surface area contributed by atoms with Crippen molar-refractivity contribution in [3.8, 4) is 22.5 Å². The van der Waals surface area contributed by atoms with Crippen LogP contribution in [0.4, 0.5) is 36.6 Å². The van der Waals surface area contributed by atoms with Crippen LogP contribution in [0, 0.1) is 23.5 Å². The summed E-state index contributed by atoms with van der Waals surface area (Å²) in [6, 6.07) is 12.6. The number of nitrogens with one attached hydrogen (secondary N) is 2. The quantitative estimate of drug-likeness (QED) is 0.129. The van der Waals surface area contributed by atoms with Crippen LogP contribution in [0.25, 0.3) is 33.4 Å². The summed E-state index contributed by atoms with van der Waals surface area (Å²) in [5.74, 6) is -9.43. The van der Waals surface area contributed by atoms with E-state index in [0.29, 0.717) is 22.8 Å². The second-order valence-corrected chi connectivity index (χ2v) is 15.8. The zero-order valence-corrected chi connectivity index (χ0v) is 31.2. The molecule has 2 aliphatic carbocycles. The van der Waals surface area contributed by atoms with Gasteiger partial charge >= 0.3 is 6.18 Å². The Labute approximate surface area is 324 Å². The third kappa shape index (κ3) is 7.89. The molecular weight excluding hydrogens is 805 g/mol. The van der Waals surface area contributed by atoms with E-state index in [2.05, 4.69) is 25.1 Å². The highest BCUT2D eigenvalue weighted by atomic mass is 35.5. The first-order chi connectivity index (χ1) is 26.7. The molecule has 11 nitrogen and oxygen atoms in total. The number of amides is 1. The number of aryl methyl sites for hydroxylation is 1. The van der Waals surface area contributed by atoms with Gasteiger partial charge in [0.2, 0.25) is 15.9 Å². The molecule has 1 amide bonds. The molecule has 3 heterocycles. The summed E-state index contributed by atoms with van der Waals surface area (Å²) in [4.78, 5) is 26.6. The monoisotopic (exact) mass is 834 g/mol. The number of nitrogens with two attached hydrogens (primary N) is 1. The van der Waals surface area contributed by atoms with Gasteiger partial charge in [-0.2, -0.15) is 27.1 Å². The van der Waals surface area contributed by atoms with Gasteiger partial charge in [-0.25, -0.2) is 22.2 Å². The molecule has 2 saturated carbocycles. The van der Waals surface area contributed by atoms with Crippen molar-refractivity contribution in [1.29, 1.82) is 0 Å². The molecule has 3 atom stereocenters. The number of hydrogen-bond acceptors (Lipinski definition) is 8. The smallest absolute Gasteiger partial charge is 0.394 e. The van der Waals surface area contributed by atoms with Gasteiger partial charge in [0.05, 0.1) is 45.3 Å². The van der Waals surface area contributed by atoms with Crippen molar-refractivity contribution in [3.05, 3.63) is 106 Å². The van der Waals surface area contributed by atoms with Crippen LogP contribution >= 0.6 is 11.6 Å². The Morgan fingerprint density at radius 1 is 1.07 bits per heavy atom. The number of benzene rings is 2. The van der Waals surface area contributed by atoms with Crippen molar-refractivity contribution < 1.29 is 43.9 Å². The first-order valence-electron chi connectivity index (χ1n) is 17.0. The van der Waals surface area contributed by atoms with Gasteiger partial charge in [0, 0.05) is 41.9 Å². The highest BCUT2D eigenvalue weighted by Gasteiger charge is 2.68. The van der Waals surface area contributed by atoms with Crippen LogP contribution in [0.2, 0.25) is 5.02 Å². The summed E-state index contributed by atoms with van der Waals surface area (Å²) in [6.07, 6.45) is -3.27. The molecule has 0 saturated heterocycles. The molecule has 0 bridgehead atoms. The largest absolute Gasteiger partial charge is 0.431 e. The van der Waals surface area contributed by atoms with E-state index in [9.17, 15) is 35.2 Å². The minimum absolute atomic E-state index is 0.0344. The van der Waals surface area contributed by atoms with E-state index in [4.69, 9.17) is 22.3 Å². The van der Waals surface area contributed by atoms with Gasteiger partial charge in [-0.3, -0.25) is 24.2 Å². The average Bonchev–Trinajstić information content (AvgIpc) is 3.81. The van der Waals surface area contributed by atoms with Gasteiger partial charge in [-0.15, -0.1) is 0 Å². The van der Waals surface area contributed by atoms with Gasteiger partial charge in [0.15, 0.2) is 5.82 Å². The predicted molar refractivity (Wildman–Crippen MR) is 198 cm³/mol. The maximum absolute atomic E-state index is 15.3. The third-order valence-electron chi connectivity index (χ3n) is 9.56. The number of carbonyl (C=O) groups excluding carboxylic acids is 1. The van der Waals surface area contributed by atoms with Crippen molar-refractivity contribution in [3.63, 3.8) is 0 Å². The van der Waals surface area contributed by atoms with Crippen molar-refractivity contribution in [2.24, 2.45) is 29.6 Å². The molecule has 298 valence electrons. The summed E-state index contributed by atoms with van der Waals surface area (Å²) in [5.41, 5.74) is 3.19. The van der Waals surface area contributed by atoms with Crippen molar-refractivity contribution in [2.75, 3.05) is 17.5 Å². The molecule has 5 aromatic rings. The number of nitrogens with zero attached hydrogens (tertiary/aromatic N) is 5. The Kier molecular flexibility index (Phi) is 10.0. The number of anilines is 1. The van der Waals surface area contributed by atoms with Crippen LogP contribution in [0.15, 0.2) is 83.1 Å². The number of rotatable bonds is 10. The zero-order valence-electron chi connectivity index (χ0n) is 29.7. The molecule has 4 N–H and O–H groups in total. The van der Waals surface area contributed by atoms with Crippen LogP contribution in [0.1, 0.15) is 23.7 Å². The Bertz CT molecular complexity index is 2600. The molecule has 7 rings (SSSR count). The number of allylic oxidation sites excluding steroid dienone is 2. The maximum atomic E-state index is 15.3. The molecule has 0 radical (unpaired) electrons. The van der Waals surface area contributed by atoms with Crippen LogP contribution in [0.3, 0.4) is 0 Å². The summed E-state index contributed by atoms with van der Waals surface area (Å²) in [7, 11) is -2.31. The molecule has 1 unspecified atom stereocenters. The number of aliphatic imine (C=N–C) groups is 1. The summed E-state index contributed by atoms with van der Waals surface area (Å²) in [5, 5.41) is 7.27. The zero-order chi connectivity index (χ0) is 41.2. The molecule has 0 aliphatic heterocycles. The van der Waals surface area contributed by atoms with E-state index in [0.717, 1.165) is 18.4 Å². The number of fused-ring (bicyclic) bond motifs is 2. The normalized spacial score (nSPS) is 19.7. The van der Waals surface area contributed by atoms with E-state index in [1.165, 1.54) is 24.0 Å². The summed E-state index contributed by atoms with van der Waals surface area (Å²) in [6.45, 7) is -1.07. The highest BCUT2D eigenvalue weighted by Crippen LogP contribution is 2.62. The number of hydrogen-bond donors (Lipinski definition) is 3. The third-order valence-corrected chi connectivity index (χ3v) is 10.4. The lowest BCUT2D eigenvalue weighted by Crippen LogP contribution is -2.35. The number of halogens is 8. The van der Waals surface area contributed by atoms with Crippen molar-refractivity contribution >= 4 is 50.0 Å². The standard InChI is InChI=1S/C37H30ClF7N8O3S/c1-53-32-21(6-8-24(38)30(32)35(51-53)52-57(2,55)56)20-7-9-26(25-5-3-4-10-47-25)50-31(20)27(13-17-11-18(39)14-19(40)12-17)49-28(54)16-48-34-29(33(46)37(43,44)45)22-15-23(22)36(34,41)42/h3-12,14,22-23,27H,13,15-16,46H2,1-2H3,(H,49,54)(H,51,52)/t22-,23+,27?/m0/s1. The minimum atomic E-state index is -5.12. The first-order valence-corrected chi connectivity index (χ1v) is 19.3. The predicted octanol–water partition coefficient (Wildman–Crippen LogP) is 6.90. The first kappa shape index (κ1) is 39.7. The van der Waals surface area contributed by atoms with E-state index < -0.39 is 81.1 Å². The molecular formula is C37H30ClF7N8O3S. The maximum Gasteiger partial charge on any atom is 0.431 e. The number of carbonyl (C=O) groups is 1. The lowest BCUT2D eigenvalue weighted by molar-refractivity contribution is -0.120. The van der Waals surface area contributed by atoms with Gasteiger partial charge in [-0.1, -0.05) is 29.8 Å².